The number of rotatable bonds is 4. The minimum absolute atomic E-state index is 0.0445. The predicted octanol–water partition coefficient (Wildman–Crippen LogP) is 4.69. The number of anilines is 1. The van der Waals surface area contributed by atoms with E-state index in [4.69, 9.17) is 4.98 Å². The normalized spacial score (nSPS) is 17.7. The van der Waals surface area contributed by atoms with Crippen molar-refractivity contribution in [2.45, 2.75) is 32.7 Å². The van der Waals surface area contributed by atoms with Crippen LogP contribution in [0.25, 0.3) is 10.2 Å². The van der Waals surface area contributed by atoms with Gasteiger partial charge in [-0.3, -0.25) is 9.69 Å². The lowest BCUT2D eigenvalue weighted by Gasteiger charge is -2.22. The maximum atomic E-state index is 12.6. The third kappa shape index (κ3) is 3.64. The number of hydrogen-bond acceptors (Lipinski definition) is 4. The van der Waals surface area contributed by atoms with Crippen LogP contribution in [0.5, 0.6) is 0 Å². The van der Waals surface area contributed by atoms with Crippen molar-refractivity contribution in [3.63, 3.8) is 0 Å². The molecular weight excluding hydrogens is 342 g/mol. The summed E-state index contributed by atoms with van der Waals surface area (Å²) < 4.78 is 1.22. The summed E-state index contributed by atoms with van der Waals surface area (Å²) in [5.74, 6) is 0.0445. The van der Waals surface area contributed by atoms with Crippen molar-refractivity contribution < 1.29 is 4.79 Å². The molecule has 1 fully saturated rings. The molecule has 5 heteroatoms. The first-order valence-corrected chi connectivity index (χ1v) is 9.88. The molecule has 2 heterocycles. The summed E-state index contributed by atoms with van der Waals surface area (Å²) in [6, 6.07) is 14.6. The molecule has 26 heavy (non-hydrogen) atoms. The van der Waals surface area contributed by atoms with E-state index in [9.17, 15) is 4.79 Å². The summed E-state index contributed by atoms with van der Waals surface area (Å²) in [7, 11) is 0. The number of likely N-dealkylation sites (tertiary alicyclic amines) is 1. The highest BCUT2D eigenvalue weighted by Gasteiger charge is 2.30. The number of nitrogens with one attached hydrogen (secondary N) is 1. The number of hydrogen-bond donors (Lipinski definition) is 1. The van der Waals surface area contributed by atoms with E-state index in [-0.39, 0.29) is 11.9 Å². The van der Waals surface area contributed by atoms with Gasteiger partial charge in [0.2, 0.25) is 5.91 Å². The molecule has 0 radical (unpaired) electrons. The van der Waals surface area contributed by atoms with Crippen LogP contribution in [-0.4, -0.2) is 28.9 Å². The molecule has 1 N–H and O–H groups in total. The SMILES string of the molecule is Cc1cc(C)cc(NC(=O)CN2CCC[C@H]2c2nc3ccccc3s2)c1. The van der Waals surface area contributed by atoms with E-state index in [0.717, 1.165) is 46.7 Å². The van der Waals surface area contributed by atoms with Crippen molar-refractivity contribution in [1.29, 1.82) is 0 Å². The Morgan fingerprint density at radius 3 is 2.77 bits per heavy atom. The van der Waals surface area contributed by atoms with E-state index in [1.54, 1.807) is 11.3 Å². The minimum atomic E-state index is 0.0445. The molecule has 4 nitrogen and oxygen atoms in total. The molecule has 3 aromatic rings. The van der Waals surface area contributed by atoms with E-state index in [0.29, 0.717) is 6.54 Å². The Hall–Kier alpha value is -2.24. The predicted molar refractivity (Wildman–Crippen MR) is 108 cm³/mol. The molecule has 0 aliphatic carbocycles. The first-order chi connectivity index (χ1) is 12.6. The quantitative estimate of drug-likeness (QED) is 0.729. The largest absolute Gasteiger partial charge is 0.325 e. The number of para-hydroxylation sites is 1. The number of aromatic nitrogens is 1. The van der Waals surface area contributed by atoms with Gasteiger partial charge in [0.05, 0.1) is 22.8 Å². The van der Waals surface area contributed by atoms with Crippen molar-refractivity contribution in [1.82, 2.24) is 9.88 Å². The average Bonchev–Trinajstić information content (AvgIpc) is 3.19. The van der Waals surface area contributed by atoms with Crippen LogP contribution in [0.15, 0.2) is 42.5 Å². The smallest absolute Gasteiger partial charge is 0.238 e. The van der Waals surface area contributed by atoms with E-state index < -0.39 is 0 Å². The molecule has 0 saturated carbocycles. The number of amides is 1. The highest BCUT2D eigenvalue weighted by atomic mass is 32.1. The van der Waals surface area contributed by atoms with Crippen LogP contribution in [0, 0.1) is 13.8 Å². The number of nitrogens with zero attached hydrogens (tertiary/aromatic N) is 2. The van der Waals surface area contributed by atoms with Crippen molar-refractivity contribution in [2.24, 2.45) is 0 Å². The number of carbonyl (C=O) groups is 1. The zero-order valence-electron chi connectivity index (χ0n) is 15.2. The highest BCUT2D eigenvalue weighted by Crippen LogP contribution is 2.36. The van der Waals surface area contributed by atoms with Gasteiger partial charge in [0.15, 0.2) is 0 Å². The van der Waals surface area contributed by atoms with E-state index in [2.05, 4.69) is 28.4 Å². The van der Waals surface area contributed by atoms with Crippen LogP contribution in [-0.2, 0) is 4.79 Å². The van der Waals surface area contributed by atoms with Crippen LogP contribution < -0.4 is 5.32 Å². The molecule has 4 rings (SSSR count). The van der Waals surface area contributed by atoms with Crippen LogP contribution in [0.2, 0.25) is 0 Å². The fraction of sp³-hybridized carbons (Fsp3) is 0.333. The molecule has 0 spiro atoms. The fourth-order valence-corrected chi connectivity index (χ4v) is 4.90. The van der Waals surface area contributed by atoms with Crippen molar-refractivity contribution >= 4 is 33.1 Å². The maximum absolute atomic E-state index is 12.6. The van der Waals surface area contributed by atoms with Gasteiger partial charge in [0.1, 0.15) is 5.01 Å². The topological polar surface area (TPSA) is 45.2 Å². The second-order valence-corrected chi connectivity index (χ2v) is 8.14. The second kappa shape index (κ2) is 7.17. The van der Waals surface area contributed by atoms with Gasteiger partial charge in [-0.1, -0.05) is 18.2 Å². The molecule has 1 saturated heterocycles. The first kappa shape index (κ1) is 17.2. The Bertz CT molecular complexity index is 896. The summed E-state index contributed by atoms with van der Waals surface area (Å²) in [5, 5.41) is 4.18. The van der Waals surface area contributed by atoms with Crippen LogP contribution in [0.3, 0.4) is 0 Å². The van der Waals surface area contributed by atoms with Gasteiger partial charge in [-0.2, -0.15) is 0 Å². The first-order valence-electron chi connectivity index (χ1n) is 9.06. The minimum Gasteiger partial charge on any atom is -0.325 e. The molecule has 0 bridgehead atoms. The molecule has 1 amide bonds. The van der Waals surface area contributed by atoms with E-state index >= 15 is 0 Å². The Balaban J connectivity index is 1.47. The number of aryl methyl sites for hydroxylation is 2. The lowest BCUT2D eigenvalue weighted by molar-refractivity contribution is -0.117. The molecule has 0 unspecified atom stereocenters. The van der Waals surface area contributed by atoms with Crippen LogP contribution in [0.4, 0.5) is 5.69 Å². The second-order valence-electron chi connectivity index (χ2n) is 7.07. The van der Waals surface area contributed by atoms with Crippen LogP contribution in [0.1, 0.15) is 35.0 Å². The third-order valence-electron chi connectivity index (χ3n) is 4.81. The van der Waals surface area contributed by atoms with Crippen molar-refractivity contribution in [2.75, 3.05) is 18.4 Å². The van der Waals surface area contributed by atoms with Gasteiger partial charge in [-0.25, -0.2) is 4.98 Å². The summed E-state index contributed by atoms with van der Waals surface area (Å²) >= 11 is 1.75. The average molecular weight is 366 g/mol. The van der Waals surface area contributed by atoms with Gasteiger partial charge in [-0.15, -0.1) is 11.3 Å². The van der Waals surface area contributed by atoms with Gasteiger partial charge in [-0.05, 0) is 68.6 Å². The fourth-order valence-electron chi connectivity index (χ4n) is 3.76. The molecule has 1 aromatic heterocycles. The number of fused-ring (bicyclic) bond motifs is 1. The van der Waals surface area contributed by atoms with E-state index in [1.807, 2.05) is 38.1 Å². The Morgan fingerprint density at radius 1 is 1.23 bits per heavy atom. The van der Waals surface area contributed by atoms with Gasteiger partial charge in [0, 0.05) is 5.69 Å². The Labute approximate surface area is 157 Å². The summed E-state index contributed by atoms with van der Waals surface area (Å²) in [4.78, 5) is 19.6. The number of carbonyl (C=O) groups excluding carboxylic acids is 1. The monoisotopic (exact) mass is 365 g/mol. The Kier molecular flexibility index (Phi) is 4.74. The van der Waals surface area contributed by atoms with Crippen molar-refractivity contribution in [3.8, 4) is 0 Å². The lowest BCUT2D eigenvalue weighted by Crippen LogP contribution is -2.32. The summed E-state index contributed by atoms with van der Waals surface area (Å²) in [6.45, 7) is 5.45. The van der Waals surface area contributed by atoms with E-state index in [1.165, 1.54) is 4.70 Å². The van der Waals surface area contributed by atoms with Gasteiger partial charge in [0.25, 0.3) is 0 Å². The maximum Gasteiger partial charge on any atom is 0.238 e. The van der Waals surface area contributed by atoms with Gasteiger partial charge < -0.3 is 5.32 Å². The van der Waals surface area contributed by atoms with Gasteiger partial charge >= 0.3 is 0 Å². The number of thiazole rings is 1. The Morgan fingerprint density at radius 2 is 2.00 bits per heavy atom. The van der Waals surface area contributed by atoms with Crippen LogP contribution >= 0.6 is 11.3 Å². The molecule has 1 aliphatic rings. The zero-order valence-corrected chi connectivity index (χ0v) is 16.0. The lowest BCUT2D eigenvalue weighted by atomic mass is 10.1. The molecule has 1 atom stereocenters. The molecular formula is C21H23N3OS. The summed E-state index contributed by atoms with van der Waals surface area (Å²) in [5.41, 5.74) is 4.25. The standard InChI is InChI=1S/C21H23N3OS/c1-14-10-15(2)12-16(11-14)22-20(25)13-24-9-5-7-18(24)21-23-17-6-3-4-8-19(17)26-21/h3-4,6,8,10-12,18H,5,7,9,13H2,1-2H3,(H,22,25)/t18-/m0/s1. The zero-order chi connectivity index (χ0) is 18.1. The molecule has 1 aliphatic heterocycles. The highest BCUT2D eigenvalue weighted by molar-refractivity contribution is 7.18. The molecule has 2 aromatic carbocycles. The molecule has 134 valence electrons. The summed E-state index contributed by atoms with van der Waals surface area (Å²) in [6.07, 6.45) is 2.17. The third-order valence-corrected chi connectivity index (χ3v) is 5.95. The van der Waals surface area contributed by atoms with Crippen molar-refractivity contribution in [3.05, 3.63) is 58.6 Å². The number of benzene rings is 2.